The number of anilines is 1. The summed E-state index contributed by atoms with van der Waals surface area (Å²) in [6.45, 7) is 3.61. The van der Waals surface area contributed by atoms with Crippen molar-refractivity contribution in [1.29, 1.82) is 0 Å². The van der Waals surface area contributed by atoms with Crippen molar-refractivity contribution < 1.29 is 19.0 Å². The zero-order chi connectivity index (χ0) is 26.8. The fourth-order valence-electron chi connectivity index (χ4n) is 4.35. The molecule has 1 N–H and O–H groups in total. The molecule has 1 fully saturated rings. The van der Waals surface area contributed by atoms with Crippen LogP contribution >= 0.6 is 11.6 Å². The molecule has 0 atom stereocenters. The van der Waals surface area contributed by atoms with E-state index in [9.17, 15) is 19.1 Å². The van der Waals surface area contributed by atoms with Crippen LogP contribution < -0.4 is 15.2 Å². The lowest BCUT2D eigenvalue weighted by molar-refractivity contribution is -0.129. The molecule has 194 valence electrons. The molecule has 1 saturated heterocycles. The molecule has 3 aromatic carbocycles. The van der Waals surface area contributed by atoms with Gasteiger partial charge in [0.1, 0.15) is 23.0 Å². The van der Waals surface area contributed by atoms with Gasteiger partial charge in [0.25, 0.3) is 0 Å². The minimum absolute atomic E-state index is 0.00434. The van der Waals surface area contributed by atoms with Gasteiger partial charge in [-0.25, -0.2) is 4.39 Å². The number of benzene rings is 3. The molecule has 0 saturated carbocycles. The number of ether oxygens (including phenoxy) is 1. The van der Waals surface area contributed by atoms with Crippen LogP contribution in [0.5, 0.6) is 17.2 Å². The second-order valence-corrected chi connectivity index (χ2v) is 9.27. The zero-order valence-corrected chi connectivity index (χ0v) is 21.2. The minimum Gasteiger partial charge on any atom is -0.507 e. The Balaban J connectivity index is 1.50. The van der Waals surface area contributed by atoms with Gasteiger partial charge in [-0.05, 0) is 54.1 Å². The van der Waals surface area contributed by atoms with E-state index in [1.54, 1.807) is 59.6 Å². The first-order valence-electron chi connectivity index (χ1n) is 12.0. The summed E-state index contributed by atoms with van der Waals surface area (Å²) in [5.74, 6) is -0.221. The largest absolute Gasteiger partial charge is 0.507 e. The number of aromatic nitrogens is 2. The molecule has 0 radical (unpaired) electrons. The van der Waals surface area contributed by atoms with Crippen molar-refractivity contribution in [2.75, 3.05) is 31.1 Å². The Morgan fingerprint density at radius 3 is 2.32 bits per heavy atom. The van der Waals surface area contributed by atoms with Crippen LogP contribution in [0.4, 0.5) is 10.1 Å². The molecule has 8 nitrogen and oxygen atoms in total. The average molecular weight is 535 g/mol. The molecule has 0 aliphatic carbocycles. The molecule has 38 heavy (non-hydrogen) atoms. The summed E-state index contributed by atoms with van der Waals surface area (Å²) in [7, 11) is 0. The molecule has 10 heteroatoms. The smallest absolute Gasteiger partial charge is 0.316 e. The molecule has 0 unspecified atom stereocenters. The van der Waals surface area contributed by atoms with Crippen molar-refractivity contribution in [2.24, 2.45) is 0 Å². The molecule has 2 heterocycles. The third kappa shape index (κ3) is 5.19. The Kier molecular flexibility index (Phi) is 7.02. The van der Waals surface area contributed by atoms with Crippen molar-refractivity contribution >= 4 is 23.2 Å². The molecule has 4 aromatic rings. The van der Waals surface area contributed by atoms with Crippen molar-refractivity contribution in [3.63, 3.8) is 0 Å². The third-order valence-electron chi connectivity index (χ3n) is 6.40. The van der Waals surface area contributed by atoms with Gasteiger partial charge in [0.2, 0.25) is 11.7 Å². The van der Waals surface area contributed by atoms with Crippen LogP contribution in [0.15, 0.2) is 77.7 Å². The van der Waals surface area contributed by atoms with Gasteiger partial charge in [-0.1, -0.05) is 23.7 Å². The fraction of sp³-hybridized carbons (Fsp3) is 0.179. The molecule has 5 rings (SSSR count). The Labute approximate surface area is 223 Å². The van der Waals surface area contributed by atoms with E-state index in [1.165, 1.54) is 23.7 Å². The quantitative estimate of drug-likeness (QED) is 0.393. The summed E-state index contributed by atoms with van der Waals surface area (Å²) in [6.07, 6.45) is 1.58. The normalized spacial score (nSPS) is 13.4. The zero-order valence-electron chi connectivity index (χ0n) is 20.5. The number of carbonyl (C=O) groups excluding carboxylic acids is 1. The Hall–Kier alpha value is -4.37. The third-order valence-corrected chi connectivity index (χ3v) is 6.65. The summed E-state index contributed by atoms with van der Waals surface area (Å²) in [4.78, 5) is 29.1. The number of halogens is 2. The van der Waals surface area contributed by atoms with Crippen LogP contribution in [-0.4, -0.2) is 51.9 Å². The molecule has 1 aromatic heterocycles. The van der Waals surface area contributed by atoms with E-state index in [0.29, 0.717) is 59.5 Å². The summed E-state index contributed by atoms with van der Waals surface area (Å²) in [6, 6.07) is 17.3. The minimum atomic E-state index is -0.530. The predicted octanol–water partition coefficient (Wildman–Crippen LogP) is 4.86. The summed E-state index contributed by atoms with van der Waals surface area (Å²) < 4.78 is 20.8. The first kappa shape index (κ1) is 25.3. The number of nitrogens with zero attached hydrogens (tertiary/aromatic N) is 4. The van der Waals surface area contributed by atoms with Gasteiger partial charge in [-0.3, -0.25) is 9.59 Å². The number of hydrogen-bond donors (Lipinski definition) is 1. The van der Waals surface area contributed by atoms with Crippen LogP contribution in [0.25, 0.3) is 16.8 Å². The van der Waals surface area contributed by atoms with Gasteiger partial charge < -0.3 is 19.6 Å². The molecule has 1 aliphatic heterocycles. The monoisotopic (exact) mass is 534 g/mol. The highest BCUT2D eigenvalue weighted by atomic mass is 35.5. The van der Waals surface area contributed by atoms with Crippen molar-refractivity contribution in [1.82, 2.24) is 14.7 Å². The van der Waals surface area contributed by atoms with Gasteiger partial charge in [-0.2, -0.15) is 9.78 Å². The van der Waals surface area contributed by atoms with Gasteiger partial charge in [0.05, 0.1) is 11.9 Å². The highest BCUT2D eigenvalue weighted by Crippen LogP contribution is 2.33. The number of phenols is 1. The number of piperazine rings is 1. The van der Waals surface area contributed by atoms with E-state index in [1.807, 2.05) is 4.90 Å². The van der Waals surface area contributed by atoms with E-state index >= 15 is 0 Å². The Morgan fingerprint density at radius 1 is 1.00 bits per heavy atom. The van der Waals surface area contributed by atoms with Gasteiger partial charge in [-0.15, -0.1) is 0 Å². The van der Waals surface area contributed by atoms with E-state index in [4.69, 9.17) is 16.3 Å². The van der Waals surface area contributed by atoms with Crippen LogP contribution in [0, 0.1) is 5.82 Å². The van der Waals surface area contributed by atoms with Gasteiger partial charge in [0, 0.05) is 49.8 Å². The van der Waals surface area contributed by atoms with Crippen LogP contribution in [-0.2, 0) is 4.79 Å². The Morgan fingerprint density at radius 2 is 1.68 bits per heavy atom. The molecule has 1 aliphatic rings. The lowest BCUT2D eigenvalue weighted by atomic mass is 10.0. The maximum atomic E-state index is 13.6. The summed E-state index contributed by atoms with van der Waals surface area (Å²) in [5.41, 5.74) is 1.71. The lowest BCUT2D eigenvalue weighted by Gasteiger charge is -2.35. The molecular formula is C28H24ClFN4O4. The number of hydrogen-bond acceptors (Lipinski definition) is 6. The SMILES string of the molecule is CC(=O)N1CCN(c2cnn(-c3ccc(Cl)cc3)c(=O)c2Oc2ccc(-c3ccc(F)cc3O)cc2)CC1. The van der Waals surface area contributed by atoms with E-state index in [-0.39, 0.29) is 17.4 Å². The maximum absolute atomic E-state index is 13.6. The fourth-order valence-corrected chi connectivity index (χ4v) is 4.47. The van der Waals surface area contributed by atoms with Crippen molar-refractivity contribution in [3.8, 4) is 34.1 Å². The lowest BCUT2D eigenvalue weighted by Crippen LogP contribution is -2.48. The second kappa shape index (κ2) is 10.5. The molecule has 0 bridgehead atoms. The van der Waals surface area contributed by atoms with Gasteiger partial charge in [0.15, 0.2) is 0 Å². The molecule has 0 spiro atoms. The van der Waals surface area contributed by atoms with E-state index < -0.39 is 11.4 Å². The van der Waals surface area contributed by atoms with E-state index in [2.05, 4.69) is 5.10 Å². The van der Waals surface area contributed by atoms with Crippen molar-refractivity contribution in [3.05, 3.63) is 94.1 Å². The number of carbonyl (C=O) groups is 1. The van der Waals surface area contributed by atoms with E-state index in [0.717, 1.165) is 6.07 Å². The van der Waals surface area contributed by atoms with Crippen LogP contribution in [0.3, 0.4) is 0 Å². The number of rotatable bonds is 5. The predicted molar refractivity (Wildman–Crippen MR) is 143 cm³/mol. The second-order valence-electron chi connectivity index (χ2n) is 8.83. The molecular weight excluding hydrogens is 511 g/mol. The standard InChI is InChI=1S/C28H24ClFN4O4/c1-18(35)32-12-14-33(15-13-32)25-17-31-34(22-7-4-20(29)5-8-22)28(37)27(25)38-23-9-2-19(3-10-23)24-11-6-21(30)16-26(24)36/h2-11,16-17,36H,12-15H2,1H3. The summed E-state index contributed by atoms with van der Waals surface area (Å²) >= 11 is 6.01. The van der Waals surface area contributed by atoms with Gasteiger partial charge >= 0.3 is 5.56 Å². The van der Waals surface area contributed by atoms with Crippen molar-refractivity contribution in [2.45, 2.75) is 6.92 Å². The Bertz CT molecular complexity index is 1530. The highest BCUT2D eigenvalue weighted by molar-refractivity contribution is 6.30. The van der Waals surface area contributed by atoms with Crippen LogP contribution in [0.1, 0.15) is 6.92 Å². The first-order valence-corrected chi connectivity index (χ1v) is 12.3. The first-order chi connectivity index (χ1) is 18.3. The molecule has 1 amide bonds. The number of aromatic hydroxyl groups is 1. The van der Waals surface area contributed by atoms with Crippen LogP contribution in [0.2, 0.25) is 5.02 Å². The number of amides is 1. The average Bonchev–Trinajstić information content (AvgIpc) is 2.91. The maximum Gasteiger partial charge on any atom is 0.316 e. The topological polar surface area (TPSA) is 87.9 Å². The number of phenolic OH excluding ortho intramolecular Hbond substituents is 1. The summed E-state index contributed by atoms with van der Waals surface area (Å²) in [5, 5.41) is 15.0. The highest BCUT2D eigenvalue weighted by Gasteiger charge is 2.25.